The number of hydrogen-bond acceptors (Lipinski definition) is 3. The van der Waals surface area contributed by atoms with E-state index in [1.54, 1.807) is 7.11 Å². The van der Waals surface area contributed by atoms with Gasteiger partial charge in [0.25, 0.3) is 0 Å². The third kappa shape index (κ3) is 7.49. The molecule has 0 saturated heterocycles. The third-order valence-electron chi connectivity index (χ3n) is 2.28. The second-order valence-electron chi connectivity index (χ2n) is 3.77. The maximum Gasteiger partial charge on any atom is 0.0591 e. The van der Waals surface area contributed by atoms with Crippen molar-refractivity contribution in [2.24, 2.45) is 0 Å². The van der Waals surface area contributed by atoms with E-state index in [0.717, 1.165) is 43.8 Å². The second kappa shape index (κ2) is 9.59. The van der Waals surface area contributed by atoms with Crippen LogP contribution in [0.25, 0.3) is 0 Å². The van der Waals surface area contributed by atoms with Crippen LogP contribution in [-0.2, 0) is 16.0 Å². The van der Waals surface area contributed by atoms with Gasteiger partial charge in [0.05, 0.1) is 6.61 Å². The second-order valence-corrected chi connectivity index (χ2v) is 4.68. The number of methoxy groups -OCH3 is 1. The molecule has 96 valence electrons. The van der Waals surface area contributed by atoms with Gasteiger partial charge in [0.2, 0.25) is 0 Å². The van der Waals surface area contributed by atoms with Crippen LogP contribution < -0.4 is 5.32 Å². The topological polar surface area (TPSA) is 30.5 Å². The lowest BCUT2D eigenvalue weighted by Gasteiger charge is -2.06. The quantitative estimate of drug-likeness (QED) is 0.711. The first-order chi connectivity index (χ1) is 8.33. The minimum Gasteiger partial charge on any atom is -0.385 e. The van der Waals surface area contributed by atoms with Gasteiger partial charge in [0.15, 0.2) is 0 Å². The molecule has 0 unspecified atom stereocenters. The Morgan fingerprint density at radius 1 is 1.24 bits per heavy atom. The molecule has 1 rings (SSSR count). The smallest absolute Gasteiger partial charge is 0.0591 e. The normalized spacial score (nSPS) is 10.7. The van der Waals surface area contributed by atoms with Crippen molar-refractivity contribution in [2.75, 3.05) is 33.5 Å². The Balaban J connectivity index is 1.97. The standard InChI is InChI=1S/C13H20BrNO2/c1-16-7-3-8-17-9-6-15-11-12-4-2-5-13(14)10-12/h2,4-5,10,15H,3,6-9,11H2,1H3. The highest BCUT2D eigenvalue weighted by Gasteiger charge is 1.94. The number of rotatable bonds is 9. The molecule has 1 aromatic rings. The number of ether oxygens (including phenoxy) is 2. The van der Waals surface area contributed by atoms with Gasteiger partial charge in [-0.1, -0.05) is 28.1 Å². The maximum absolute atomic E-state index is 5.45. The fourth-order valence-corrected chi connectivity index (χ4v) is 1.88. The highest BCUT2D eigenvalue weighted by atomic mass is 79.9. The summed E-state index contributed by atoms with van der Waals surface area (Å²) in [5.41, 5.74) is 1.28. The highest BCUT2D eigenvalue weighted by Crippen LogP contribution is 2.10. The predicted molar refractivity (Wildman–Crippen MR) is 73.2 cm³/mol. The number of benzene rings is 1. The van der Waals surface area contributed by atoms with Crippen molar-refractivity contribution in [3.05, 3.63) is 34.3 Å². The highest BCUT2D eigenvalue weighted by molar-refractivity contribution is 9.10. The minimum atomic E-state index is 0.748. The van der Waals surface area contributed by atoms with Gasteiger partial charge in [0.1, 0.15) is 0 Å². The molecule has 3 nitrogen and oxygen atoms in total. The van der Waals surface area contributed by atoms with Gasteiger partial charge in [-0.3, -0.25) is 0 Å². The van der Waals surface area contributed by atoms with E-state index in [2.05, 4.69) is 33.4 Å². The molecule has 4 heteroatoms. The first-order valence-electron chi connectivity index (χ1n) is 5.85. The van der Waals surface area contributed by atoms with Gasteiger partial charge < -0.3 is 14.8 Å². The molecule has 0 aliphatic heterocycles. The molecule has 0 atom stereocenters. The van der Waals surface area contributed by atoms with Gasteiger partial charge >= 0.3 is 0 Å². The molecular formula is C13H20BrNO2. The zero-order valence-corrected chi connectivity index (χ0v) is 11.8. The summed E-state index contributed by atoms with van der Waals surface area (Å²) in [6.07, 6.45) is 0.960. The van der Waals surface area contributed by atoms with Gasteiger partial charge in [-0.15, -0.1) is 0 Å². The van der Waals surface area contributed by atoms with Crippen LogP contribution in [0, 0.1) is 0 Å². The Bertz CT molecular complexity index is 307. The summed E-state index contributed by atoms with van der Waals surface area (Å²) >= 11 is 3.46. The molecule has 0 aliphatic rings. The maximum atomic E-state index is 5.45. The van der Waals surface area contributed by atoms with E-state index in [4.69, 9.17) is 9.47 Å². The Labute approximate surface area is 112 Å². The first-order valence-corrected chi connectivity index (χ1v) is 6.64. The molecule has 17 heavy (non-hydrogen) atoms. The largest absolute Gasteiger partial charge is 0.385 e. The van der Waals surface area contributed by atoms with Crippen molar-refractivity contribution in [2.45, 2.75) is 13.0 Å². The van der Waals surface area contributed by atoms with Crippen molar-refractivity contribution in [1.29, 1.82) is 0 Å². The van der Waals surface area contributed by atoms with Crippen LogP contribution >= 0.6 is 15.9 Å². The molecule has 1 aromatic carbocycles. The fraction of sp³-hybridized carbons (Fsp3) is 0.538. The van der Waals surface area contributed by atoms with E-state index in [9.17, 15) is 0 Å². The van der Waals surface area contributed by atoms with E-state index in [1.807, 2.05) is 12.1 Å². The molecule has 0 aliphatic carbocycles. The molecule has 1 N–H and O–H groups in total. The van der Waals surface area contributed by atoms with Crippen LogP contribution in [0.5, 0.6) is 0 Å². The number of nitrogens with one attached hydrogen (secondary N) is 1. The zero-order chi connectivity index (χ0) is 12.3. The third-order valence-corrected chi connectivity index (χ3v) is 2.77. The lowest BCUT2D eigenvalue weighted by Crippen LogP contribution is -2.19. The number of hydrogen-bond donors (Lipinski definition) is 1. The number of halogens is 1. The molecule has 0 saturated carbocycles. The zero-order valence-electron chi connectivity index (χ0n) is 10.2. The molecular weight excluding hydrogens is 282 g/mol. The van der Waals surface area contributed by atoms with Crippen LogP contribution in [-0.4, -0.2) is 33.5 Å². The molecule has 0 aromatic heterocycles. The van der Waals surface area contributed by atoms with Crippen LogP contribution in [0.15, 0.2) is 28.7 Å². The SMILES string of the molecule is COCCCOCCNCc1cccc(Br)c1. The van der Waals surface area contributed by atoms with Crippen molar-refractivity contribution < 1.29 is 9.47 Å². The lowest BCUT2D eigenvalue weighted by atomic mass is 10.2. The summed E-state index contributed by atoms with van der Waals surface area (Å²) < 4.78 is 11.5. The minimum absolute atomic E-state index is 0.748. The van der Waals surface area contributed by atoms with Gasteiger partial charge in [-0.25, -0.2) is 0 Å². The van der Waals surface area contributed by atoms with E-state index >= 15 is 0 Å². The molecule has 0 spiro atoms. The predicted octanol–water partition coefficient (Wildman–Crippen LogP) is 2.59. The van der Waals surface area contributed by atoms with Crippen LogP contribution in [0.3, 0.4) is 0 Å². The summed E-state index contributed by atoms with van der Waals surface area (Å²) in [6, 6.07) is 8.30. The summed E-state index contributed by atoms with van der Waals surface area (Å²) in [5.74, 6) is 0. The average molecular weight is 302 g/mol. The Kier molecular flexibility index (Phi) is 8.26. The summed E-state index contributed by atoms with van der Waals surface area (Å²) in [7, 11) is 1.71. The fourth-order valence-electron chi connectivity index (χ4n) is 1.43. The van der Waals surface area contributed by atoms with Gasteiger partial charge in [-0.05, 0) is 24.1 Å². The van der Waals surface area contributed by atoms with Gasteiger partial charge in [-0.2, -0.15) is 0 Å². The first kappa shape index (κ1) is 14.6. The van der Waals surface area contributed by atoms with Crippen molar-refractivity contribution >= 4 is 15.9 Å². The van der Waals surface area contributed by atoms with Crippen LogP contribution in [0.4, 0.5) is 0 Å². The van der Waals surface area contributed by atoms with E-state index in [1.165, 1.54) is 5.56 Å². The van der Waals surface area contributed by atoms with E-state index in [-0.39, 0.29) is 0 Å². The molecule has 0 amide bonds. The molecule has 0 radical (unpaired) electrons. The Morgan fingerprint density at radius 2 is 2.12 bits per heavy atom. The van der Waals surface area contributed by atoms with Crippen LogP contribution in [0.2, 0.25) is 0 Å². The Hall–Kier alpha value is -0.420. The van der Waals surface area contributed by atoms with Gasteiger partial charge in [0, 0.05) is 37.9 Å². The monoisotopic (exact) mass is 301 g/mol. The molecule has 0 bridgehead atoms. The summed E-state index contributed by atoms with van der Waals surface area (Å²) in [5, 5.41) is 3.34. The van der Waals surface area contributed by atoms with Crippen molar-refractivity contribution in [3.8, 4) is 0 Å². The summed E-state index contributed by atoms with van der Waals surface area (Å²) in [6.45, 7) is 4.04. The van der Waals surface area contributed by atoms with Crippen molar-refractivity contribution in [1.82, 2.24) is 5.32 Å². The van der Waals surface area contributed by atoms with E-state index in [0.29, 0.717) is 0 Å². The van der Waals surface area contributed by atoms with Crippen LogP contribution in [0.1, 0.15) is 12.0 Å². The van der Waals surface area contributed by atoms with Crippen molar-refractivity contribution in [3.63, 3.8) is 0 Å². The molecule has 0 heterocycles. The average Bonchev–Trinajstić information content (AvgIpc) is 2.33. The summed E-state index contributed by atoms with van der Waals surface area (Å²) in [4.78, 5) is 0. The molecule has 0 fully saturated rings. The Morgan fingerprint density at radius 3 is 2.88 bits per heavy atom. The lowest BCUT2D eigenvalue weighted by molar-refractivity contribution is 0.104. The van der Waals surface area contributed by atoms with E-state index < -0.39 is 0 Å².